The van der Waals surface area contributed by atoms with E-state index in [-0.39, 0.29) is 24.2 Å². The molecule has 2 aromatic rings. The zero-order valence-corrected chi connectivity index (χ0v) is 20.6. The number of carbonyl (C=O) groups excluding carboxylic acids is 2. The largest absolute Gasteiger partial charge is 0.352 e. The molecule has 9 heteroatoms. The Balaban J connectivity index is 1.86. The second-order valence-electron chi connectivity index (χ2n) is 8.92. The van der Waals surface area contributed by atoms with Crippen LogP contribution in [0, 0.1) is 12.7 Å². The second kappa shape index (κ2) is 11.0. The van der Waals surface area contributed by atoms with E-state index in [2.05, 4.69) is 5.32 Å². The van der Waals surface area contributed by atoms with E-state index in [4.69, 9.17) is 0 Å². The number of aryl methyl sites for hydroxylation is 1. The molecule has 1 aliphatic carbocycles. The van der Waals surface area contributed by atoms with Crippen molar-refractivity contribution in [2.75, 3.05) is 17.1 Å². The van der Waals surface area contributed by atoms with Crippen molar-refractivity contribution in [3.63, 3.8) is 0 Å². The zero-order chi connectivity index (χ0) is 24.9. The van der Waals surface area contributed by atoms with Gasteiger partial charge < -0.3 is 10.2 Å². The van der Waals surface area contributed by atoms with E-state index >= 15 is 0 Å². The Kier molecular flexibility index (Phi) is 8.30. The summed E-state index contributed by atoms with van der Waals surface area (Å²) in [5.74, 6) is -1.30. The van der Waals surface area contributed by atoms with Gasteiger partial charge in [0.25, 0.3) is 0 Å². The molecule has 0 unspecified atom stereocenters. The van der Waals surface area contributed by atoms with Crippen LogP contribution in [0.5, 0.6) is 0 Å². The van der Waals surface area contributed by atoms with Gasteiger partial charge in [0, 0.05) is 12.6 Å². The third kappa shape index (κ3) is 6.79. The van der Waals surface area contributed by atoms with Gasteiger partial charge >= 0.3 is 0 Å². The molecule has 34 heavy (non-hydrogen) atoms. The average Bonchev–Trinajstić information content (AvgIpc) is 3.29. The van der Waals surface area contributed by atoms with Gasteiger partial charge in [0.15, 0.2) is 0 Å². The number of halogens is 1. The normalized spacial score (nSPS) is 15.1. The van der Waals surface area contributed by atoms with E-state index in [1.807, 2.05) is 31.2 Å². The van der Waals surface area contributed by atoms with Crippen molar-refractivity contribution >= 4 is 27.5 Å². The third-order valence-electron chi connectivity index (χ3n) is 6.14. The minimum atomic E-state index is -3.84. The molecule has 2 aromatic carbocycles. The molecule has 1 fully saturated rings. The van der Waals surface area contributed by atoms with Crippen LogP contribution in [-0.4, -0.2) is 50.0 Å². The SMILES string of the molecule is Cc1ccc(CN(C(=O)CN(c2ccc(F)cc2)S(C)(=O)=O)[C@H](C)C(=O)NC2CCCC2)cc1. The molecule has 184 valence electrons. The van der Waals surface area contributed by atoms with Gasteiger partial charge in [-0.05, 0) is 56.5 Å². The minimum Gasteiger partial charge on any atom is -0.352 e. The fraction of sp³-hybridized carbons (Fsp3) is 0.440. The van der Waals surface area contributed by atoms with Crippen molar-refractivity contribution in [1.82, 2.24) is 10.2 Å². The van der Waals surface area contributed by atoms with E-state index in [9.17, 15) is 22.4 Å². The lowest BCUT2D eigenvalue weighted by atomic mass is 10.1. The number of hydrogen-bond acceptors (Lipinski definition) is 4. The van der Waals surface area contributed by atoms with E-state index in [1.165, 1.54) is 17.0 Å². The lowest BCUT2D eigenvalue weighted by Crippen LogP contribution is -2.52. The molecule has 1 aliphatic rings. The van der Waals surface area contributed by atoms with E-state index < -0.39 is 34.3 Å². The Morgan fingerprint density at radius 3 is 2.21 bits per heavy atom. The summed E-state index contributed by atoms with van der Waals surface area (Å²) >= 11 is 0. The standard InChI is InChI=1S/C25H32FN3O4S/c1-18-8-10-20(11-9-18)16-28(19(2)25(31)27-22-6-4-5-7-22)24(30)17-29(34(3,32)33)23-14-12-21(26)13-15-23/h8-15,19,22H,4-7,16-17H2,1-3H3,(H,27,31)/t19-/m1/s1. The Labute approximate surface area is 201 Å². The van der Waals surface area contributed by atoms with Crippen LogP contribution in [0.1, 0.15) is 43.7 Å². The quantitative estimate of drug-likeness (QED) is 0.585. The van der Waals surface area contributed by atoms with Crippen LogP contribution in [0.4, 0.5) is 10.1 Å². The van der Waals surface area contributed by atoms with E-state index in [0.29, 0.717) is 0 Å². The Morgan fingerprint density at radius 2 is 1.65 bits per heavy atom. The molecule has 2 amide bonds. The van der Waals surface area contributed by atoms with Crippen molar-refractivity contribution in [2.45, 2.75) is 58.2 Å². The fourth-order valence-corrected chi connectivity index (χ4v) is 4.94. The van der Waals surface area contributed by atoms with Crippen molar-refractivity contribution in [3.8, 4) is 0 Å². The summed E-state index contributed by atoms with van der Waals surface area (Å²) in [4.78, 5) is 27.9. The first-order chi connectivity index (χ1) is 16.0. The smallest absolute Gasteiger partial charge is 0.244 e. The molecule has 0 aromatic heterocycles. The maximum Gasteiger partial charge on any atom is 0.244 e. The predicted molar refractivity (Wildman–Crippen MR) is 130 cm³/mol. The van der Waals surface area contributed by atoms with Gasteiger partial charge in [0.05, 0.1) is 11.9 Å². The van der Waals surface area contributed by atoms with Crippen LogP contribution in [0.25, 0.3) is 0 Å². The Hall–Kier alpha value is -2.94. The van der Waals surface area contributed by atoms with Crippen LogP contribution >= 0.6 is 0 Å². The molecule has 1 saturated carbocycles. The molecule has 0 spiro atoms. The van der Waals surface area contributed by atoms with E-state index in [1.54, 1.807) is 6.92 Å². The van der Waals surface area contributed by atoms with Crippen molar-refractivity contribution in [2.24, 2.45) is 0 Å². The van der Waals surface area contributed by atoms with Gasteiger partial charge in [-0.15, -0.1) is 0 Å². The summed E-state index contributed by atoms with van der Waals surface area (Å²) in [5, 5.41) is 3.02. The minimum absolute atomic E-state index is 0.0954. The van der Waals surface area contributed by atoms with Gasteiger partial charge in [-0.3, -0.25) is 13.9 Å². The van der Waals surface area contributed by atoms with Crippen molar-refractivity contribution in [1.29, 1.82) is 0 Å². The van der Waals surface area contributed by atoms with Crippen LogP contribution in [0.3, 0.4) is 0 Å². The molecule has 7 nitrogen and oxygen atoms in total. The number of amides is 2. The fourth-order valence-electron chi connectivity index (χ4n) is 4.09. The lowest BCUT2D eigenvalue weighted by Gasteiger charge is -2.32. The molecule has 3 rings (SSSR count). The number of nitrogens with one attached hydrogen (secondary N) is 1. The highest BCUT2D eigenvalue weighted by molar-refractivity contribution is 7.92. The maximum absolute atomic E-state index is 13.5. The molecule has 0 radical (unpaired) electrons. The number of hydrogen-bond donors (Lipinski definition) is 1. The highest BCUT2D eigenvalue weighted by Crippen LogP contribution is 2.21. The highest BCUT2D eigenvalue weighted by atomic mass is 32.2. The van der Waals surface area contributed by atoms with Crippen LogP contribution in [0.2, 0.25) is 0 Å². The first-order valence-corrected chi connectivity index (χ1v) is 13.3. The number of nitrogens with zero attached hydrogens (tertiary/aromatic N) is 2. The lowest BCUT2D eigenvalue weighted by molar-refractivity contribution is -0.139. The molecular formula is C25H32FN3O4S. The van der Waals surface area contributed by atoms with Gasteiger partial charge in [-0.1, -0.05) is 42.7 Å². The highest BCUT2D eigenvalue weighted by Gasteiger charge is 2.31. The van der Waals surface area contributed by atoms with Crippen LogP contribution in [0.15, 0.2) is 48.5 Å². The van der Waals surface area contributed by atoms with Crippen molar-refractivity contribution < 1.29 is 22.4 Å². The van der Waals surface area contributed by atoms with E-state index in [0.717, 1.165) is 59.5 Å². The van der Waals surface area contributed by atoms with Crippen LogP contribution in [-0.2, 0) is 26.2 Å². The van der Waals surface area contributed by atoms with Gasteiger partial charge in [0.2, 0.25) is 21.8 Å². The number of sulfonamides is 1. The summed E-state index contributed by atoms with van der Waals surface area (Å²) in [7, 11) is -3.84. The van der Waals surface area contributed by atoms with Crippen molar-refractivity contribution in [3.05, 3.63) is 65.5 Å². The number of anilines is 1. The molecule has 1 N–H and O–H groups in total. The van der Waals surface area contributed by atoms with Crippen LogP contribution < -0.4 is 9.62 Å². The van der Waals surface area contributed by atoms with Gasteiger partial charge in [-0.25, -0.2) is 12.8 Å². The third-order valence-corrected chi connectivity index (χ3v) is 7.28. The van der Waals surface area contributed by atoms with Gasteiger partial charge in [0.1, 0.15) is 18.4 Å². The first-order valence-electron chi connectivity index (χ1n) is 11.4. The first kappa shape index (κ1) is 25.7. The number of carbonyl (C=O) groups is 2. The molecule has 0 saturated heterocycles. The topological polar surface area (TPSA) is 86.8 Å². The molecule has 0 heterocycles. The molecule has 0 bridgehead atoms. The summed E-state index contributed by atoms with van der Waals surface area (Å²) in [6.07, 6.45) is 4.94. The Bertz CT molecular complexity index is 1100. The molecule has 1 atom stereocenters. The zero-order valence-electron chi connectivity index (χ0n) is 19.8. The summed E-state index contributed by atoms with van der Waals surface area (Å²) < 4.78 is 39.3. The summed E-state index contributed by atoms with van der Waals surface area (Å²) in [5.41, 5.74) is 2.07. The Morgan fingerprint density at radius 1 is 1.06 bits per heavy atom. The maximum atomic E-state index is 13.5. The monoisotopic (exact) mass is 489 g/mol. The predicted octanol–water partition coefficient (Wildman–Crippen LogP) is 3.38. The average molecular weight is 490 g/mol. The molecule has 0 aliphatic heterocycles. The number of benzene rings is 2. The summed E-state index contributed by atoms with van der Waals surface area (Å²) in [6.45, 7) is 3.26. The second-order valence-corrected chi connectivity index (χ2v) is 10.8. The summed E-state index contributed by atoms with van der Waals surface area (Å²) in [6, 6.07) is 11.8. The molecular weight excluding hydrogens is 457 g/mol. The van der Waals surface area contributed by atoms with Gasteiger partial charge in [-0.2, -0.15) is 0 Å². The number of rotatable bonds is 9.